The minimum atomic E-state index is -0.0398. The summed E-state index contributed by atoms with van der Waals surface area (Å²) in [6, 6.07) is 0. The minimum Gasteiger partial charge on any atom is -0.461 e. The summed E-state index contributed by atoms with van der Waals surface area (Å²) in [7, 11) is 0. The molecular formula is C18H28O3. The second-order valence-corrected chi connectivity index (χ2v) is 8.49. The molecule has 0 N–H and O–H groups in total. The number of carbonyl (C=O) groups excluding carboxylic acids is 1. The van der Waals surface area contributed by atoms with Crippen LogP contribution in [0, 0.1) is 28.6 Å². The standard InChI is InChI=1S/C18H28O3/c1-10(2)9-12-13(17(12,3)4)16(19)21-15-11-7-8-20-14(11)18(15,5)6/h9,11-15H,7-8H2,1-6H3/t11-,12+,13+,14-,15+/m0/s1. The molecule has 3 nitrogen and oxygen atoms in total. The quantitative estimate of drug-likeness (QED) is 0.589. The SMILES string of the molecule is CC(C)=C[C@@H]1[C@H](C(=O)O[C@@H]2[C@H]3CCO[C@@H]3C2(C)C)C1(C)C. The average molecular weight is 292 g/mol. The summed E-state index contributed by atoms with van der Waals surface area (Å²) >= 11 is 0. The lowest BCUT2D eigenvalue weighted by Gasteiger charge is -2.53. The van der Waals surface area contributed by atoms with Crippen molar-refractivity contribution in [1.82, 2.24) is 0 Å². The van der Waals surface area contributed by atoms with Crippen molar-refractivity contribution < 1.29 is 14.3 Å². The third kappa shape index (κ3) is 2.16. The van der Waals surface area contributed by atoms with Crippen LogP contribution in [0.1, 0.15) is 48.0 Å². The van der Waals surface area contributed by atoms with E-state index in [1.165, 1.54) is 5.57 Å². The third-order valence-electron chi connectivity index (χ3n) is 5.91. The van der Waals surface area contributed by atoms with Crippen LogP contribution in [0.4, 0.5) is 0 Å². The first-order valence-electron chi connectivity index (χ1n) is 8.14. The van der Waals surface area contributed by atoms with E-state index in [0.717, 1.165) is 13.0 Å². The first kappa shape index (κ1) is 15.1. The van der Waals surface area contributed by atoms with Crippen LogP contribution in [-0.4, -0.2) is 24.8 Å². The molecule has 21 heavy (non-hydrogen) atoms. The largest absolute Gasteiger partial charge is 0.461 e. The van der Waals surface area contributed by atoms with E-state index in [1.54, 1.807) is 0 Å². The molecule has 2 aliphatic carbocycles. The molecule has 1 saturated heterocycles. The molecule has 3 rings (SSSR count). The second-order valence-electron chi connectivity index (χ2n) is 8.49. The highest BCUT2D eigenvalue weighted by Crippen LogP contribution is 2.61. The van der Waals surface area contributed by atoms with Crippen LogP contribution < -0.4 is 0 Å². The molecule has 1 heterocycles. The van der Waals surface area contributed by atoms with Gasteiger partial charge in [0.1, 0.15) is 6.10 Å². The number of hydrogen-bond acceptors (Lipinski definition) is 3. The van der Waals surface area contributed by atoms with Crippen LogP contribution in [0.25, 0.3) is 0 Å². The fourth-order valence-corrected chi connectivity index (χ4v) is 4.51. The fourth-order valence-electron chi connectivity index (χ4n) is 4.51. The van der Waals surface area contributed by atoms with Crippen molar-refractivity contribution >= 4 is 5.97 Å². The number of allylic oxidation sites excluding steroid dienone is 2. The number of ether oxygens (including phenoxy) is 2. The molecule has 118 valence electrons. The van der Waals surface area contributed by atoms with Gasteiger partial charge in [-0.25, -0.2) is 0 Å². The molecule has 0 aromatic heterocycles. The van der Waals surface area contributed by atoms with Gasteiger partial charge in [0, 0.05) is 17.9 Å². The maximum absolute atomic E-state index is 12.6. The topological polar surface area (TPSA) is 35.5 Å². The molecule has 0 amide bonds. The van der Waals surface area contributed by atoms with Crippen molar-refractivity contribution in [2.75, 3.05) is 6.61 Å². The normalized spacial score (nSPS) is 41.7. The first-order chi connectivity index (χ1) is 9.67. The highest BCUT2D eigenvalue weighted by Gasteiger charge is 2.65. The molecule has 3 heteroatoms. The van der Waals surface area contributed by atoms with E-state index >= 15 is 0 Å². The predicted octanol–water partition coefficient (Wildman–Crippen LogP) is 3.58. The molecular weight excluding hydrogens is 264 g/mol. The summed E-state index contributed by atoms with van der Waals surface area (Å²) in [5.74, 6) is 0.747. The van der Waals surface area contributed by atoms with Gasteiger partial charge in [-0.1, -0.05) is 39.3 Å². The van der Waals surface area contributed by atoms with Gasteiger partial charge in [0.25, 0.3) is 0 Å². The highest BCUT2D eigenvalue weighted by atomic mass is 16.6. The van der Waals surface area contributed by atoms with E-state index in [2.05, 4.69) is 47.6 Å². The lowest BCUT2D eigenvalue weighted by atomic mass is 9.59. The summed E-state index contributed by atoms with van der Waals surface area (Å²) in [5, 5.41) is 0. The number of rotatable bonds is 3. The molecule has 3 aliphatic rings. The van der Waals surface area contributed by atoms with Crippen LogP contribution in [0.3, 0.4) is 0 Å². The minimum absolute atomic E-state index is 0.00840. The Bertz CT molecular complexity index is 485. The number of esters is 1. The van der Waals surface area contributed by atoms with Gasteiger partial charge < -0.3 is 9.47 Å². The lowest BCUT2D eigenvalue weighted by Crippen LogP contribution is -2.61. The smallest absolute Gasteiger partial charge is 0.310 e. The Hall–Kier alpha value is -0.830. The number of hydrogen-bond donors (Lipinski definition) is 0. The van der Waals surface area contributed by atoms with Crippen molar-refractivity contribution in [2.24, 2.45) is 28.6 Å². The molecule has 1 aliphatic heterocycles. The molecule has 0 spiro atoms. The Morgan fingerprint density at radius 1 is 1.19 bits per heavy atom. The summed E-state index contributed by atoms with van der Waals surface area (Å²) < 4.78 is 11.7. The van der Waals surface area contributed by atoms with E-state index in [9.17, 15) is 4.79 Å². The van der Waals surface area contributed by atoms with Gasteiger partial charge in [-0.15, -0.1) is 0 Å². The van der Waals surface area contributed by atoms with Crippen LogP contribution in [0.15, 0.2) is 11.6 Å². The Balaban J connectivity index is 1.67. The maximum Gasteiger partial charge on any atom is 0.310 e. The Labute approximate surface area is 128 Å². The monoisotopic (exact) mass is 292 g/mol. The van der Waals surface area contributed by atoms with Crippen molar-refractivity contribution in [3.05, 3.63) is 11.6 Å². The summed E-state index contributed by atoms with van der Waals surface area (Å²) in [6.07, 6.45) is 3.55. The molecule has 0 aromatic carbocycles. The van der Waals surface area contributed by atoms with Crippen LogP contribution >= 0.6 is 0 Å². The number of carbonyl (C=O) groups is 1. The molecule has 0 bridgehead atoms. The van der Waals surface area contributed by atoms with Gasteiger partial charge in [-0.05, 0) is 31.6 Å². The number of fused-ring (bicyclic) bond motifs is 1. The van der Waals surface area contributed by atoms with Crippen molar-refractivity contribution in [1.29, 1.82) is 0 Å². The second kappa shape index (κ2) is 4.58. The van der Waals surface area contributed by atoms with Gasteiger partial charge in [-0.2, -0.15) is 0 Å². The van der Waals surface area contributed by atoms with Crippen molar-refractivity contribution in [3.8, 4) is 0 Å². The van der Waals surface area contributed by atoms with Crippen LogP contribution in [0.2, 0.25) is 0 Å². The lowest BCUT2D eigenvalue weighted by molar-refractivity contribution is -0.211. The Morgan fingerprint density at radius 3 is 2.48 bits per heavy atom. The third-order valence-corrected chi connectivity index (χ3v) is 5.91. The molecule has 0 unspecified atom stereocenters. The van der Waals surface area contributed by atoms with Crippen LogP contribution in [-0.2, 0) is 14.3 Å². The first-order valence-corrected chi connectivity index (χ1v) is 8.14. The van der Waals surface area contributed by atoms with E-state index in [0.29, 0.717) is 11.8 Å². The Kier molecular flexibility index (Phi) is 3.29. The van der Waals surface area contributed by atoms with Crippen molar-refractivity contribution in [3.63, 3.8) is 0 Å². The summed E-state index contributed by atoms with van der Waals surface area (Å²) in [5.41, 5.74) is 1.27. The summed E-state index contributed by atoms with van der Waals surface area (Å²) in [4.78, 5) is 12.6. The molecule has 0 radical (unpaired) electrons. The zero-order chi connectivity index (χ0) is 15.6. The fraction of sp³-hybridized carbons (Fsp3) is 0.833. The Morgan fingerprint density at radius 2 is 1.86 bits per heavy atom. The zero-order valence-electron chi connectivity index (χ0n) is 14.1. The average Bonchev–Trinajstić information content (AvgIpc) is 2.77. The zero-order valence-corrected chi connectivity index (χ0v) is 14.1. The van der Waals surface area contributed by atoms with Crippen LogP contribution in [0.5, 0.6) is 0 Å². The molecule has 2 saturated carbocycles. The van der Waals surface area contributed by atoms with Gasteiger partial charge >= 0.3 is 5.97 Å². The maximum atomic E-state index is 12.6. The van der Waals surface area contributed by atoms with E-state index in [-0.39, 0.29) is 34.9 Å². The van der Waals surface area contributed by atoms with E-state index in [4.69, 9.17) is 9.47 Å². The van der Waals surface area contributed by atoms with Gasteiger partial charge in [0.2, 0.25) is 0 Å². The molecule has 3 fully saturated rings. The van der Waals surface area contributed by atoms with Gasteiger partial charge in [0.05, 0.1) is 12.0 Å². The van der Waals surface area contributed by atoms with Gasteiger partial charge in [-0.3, -0.25) is 4.79 Å². The van der Waals surface area contributed by atoms with Gasteiger partial charge in [0.15, 0.2) is 0 Å². The van der Waals surface area contributed by atoms with E-state index in [1.807, 2.05) is 0 Å². The molecule has 5 atom stereocenters. The molecule has 0 aromatic rings. The van der Waals surface area contributed by atoms with E-state index < -0.39 is 0 Å². The van der Waals surface area contributed by atoms with Crippen molar-refractivity contribution in [2.45, 2.75) is 60.2 Å². The predicted molar refractivity (Wildman–Crippen MR) is 81.7 cm³/mol. The summed E-state index contributed by atoms with van der Waals surface area (Å²) in [6.45, 7) is 13.6. The highest BCUT2D eigenvalue weighted by molar-refractivity contribution is 5.78.